The second-order valence-electron chi connectivity index (χ2n) is 6.17. The van der Waals surface area contributed by atoms with Crippen LogP contribution in [0.3, 0.4) is 0 Å². The van der Waals surface area contributed by atoms with Gasteiger partial charge in [-0.2, -0.15) is 0 Å². The van der Waals surface area contributed by atoms with Crippen LogP contribution in [0.2, 0.25) is 0 Å². The van der Waals surface area contributed by atoms with Gasteiger partial charge in [0.05, 0.1) is 12.2 Å². The molecule has 0 bridgehead atoms. The lowest BCUT2D eigenvalue weighted by atomic mass is 9.99. The molecule has 2 aromatic heterocycles. The number of aromatic nitrogens is 2. The van der Waals surface area contributed by atoms with Crippen LogP contribution in [-0.2, 0) is 11.3 Å². The van der Waals surface area contributed by atoms with E-state index in [-0.39, 0.29) is 17.4 Å². The van der Waals surface area contributed by atoms with Crippen LogP contribution in [0, 0.1) is 6.92 Å². The number of likely N-dealkylation sites (tertiary alicyclic amines) is 1. The van der Waals surface area contributed by atoms with Crippen LogP contribution in [0.1, 0.15) is 28.5 Å². The van der Waals surface area contributed by atoms with Crippen molar-refractivity contribution in [3.05, 3.63) is 69.1 Å². The van der Waals surface area contributed by atoms with Crippen molar-refractivity contribution in [2.45, 2.75) is 25.8 Å². The highest BCUT2D eigenvalue weighted by Crippen LogP contribution is 2.28. The first-order chi connectivity index (χ1) is 11.6. The third-order valence-electron chi connectivity index (χ3n) is 4.37. The van der Waals surface area contributed by atoms with Gasteiger partial charge in [0.1, 0.15) is 0 Å². The van der Waals surface area contributed by atoms with Crippen molar-refractivity contribution in [3.8, 4) is 0 Å². The summed E-state index contributed by atoms with van der Waals surface area (Å²) in [5.74, 6) is 0.334. The summed E-state index contributed by atoms with van der Waals surface area (Å²) in [7, 11) is 0. The van der Waals surface area contributed by atoms with E-state index in [4.69, 9.17) is 0 Å². The lowest BCUT2D eigenvalue weighted by Crippen LogP contribution is -2.26. The van der Waals surface area contributed by atoms with Gasteiger partial charge in [-0.05, 0) is 12.5 Å². The molecule has 1 unspecified atom stereocenters. The monoisotopic (exact) mass is 339 g/mol. The number of carbonyl (C=O) groups excluding carboxylic acids is 1. The Kier molecular flexibility index (Phi) is 3.69. The molecule has 0 saturated carbocycles. The van der Waals surface area contributed by atoms with Gasteiger partial charge < -0.3 is 4.90 Å². The minimum absolute atomic E-state index is 0.0920. The largest absolute Gasteiger partial charge is 0.336 e. The number of benzene rings is 1. The predicted octanol–water partition coefficient (Wildman–Crippen LogP) is 2.58. The number of amides is 1. The summed E-state index contributed by atoms with van der Waals surface area (Å²) >= 11 is 1.48. The molecule has 1 aliphatic heterocycles. The lowest BCUT2D eigenvalue weighted by molar-refractivity contribution is -0.128. The average Bonchev–Trinajstić information content (AvgIpc) is 3.11. The highest BCUT2D eigenvalue weighted by atomic mass is 32.1. The molecule has 0 aliphatic carbocycles. The number of thiazole rings is 1. The Morgan fingerprint density at radius 3 is 2.83 bits per heavy atom. The highest BCUT2D eigenvalue weighted by molar-refractivity contribution is 7.16. The molecule has 3 heterocycles. The van der Waals surface area contributed by atoms with Gasteiger partial charge in [0.2, 0.25) is 5.91 Å². The van der Waals surface area contributed by atoms with E-state index in [1.165, 1.54) is 23.0 Å². The van der Waals surface area contributed by atoms with E-state index in [9.17, 15) is 9.59 Å². The van der Waals surface area contributed by atoms with E-state index in [1.807, 2.05) is 25.1 Å². The number of hydrogen-bond donors (Lipinski definition) is 0. The smallest absolute Gasteiger partial charge is 0.258 e. The summed E-state index contributed by atoms with van der Waals surface area (Å²) in [6, 6.07) is 11.6. The number of fused-ring (bicyclic) bond motifs is 1. The van der Waals surface area contributed by atoms with Gasteiger partial charge >= 0.3 is 0 Å². The molecule has 1 saturated heterocycles. The standard InChI is InChI=1S/C18H17N3O2S/c1-12-9-21-17(23)8-15(19-18(21)24-12)11-20-10-14(7-16(20)22)13-5-3-2-4-6-13/h2-6,8-9,14H,7,10-11H2,1H3. The molecule has 6 heteroatoms. The molecular formula is C18H17N3O2S. The van der Waals surface area contributed by atoms with E-state index in [2.05, 4.69) is 17.1 Å². The number of aryl methyl sites for hydroxylation is 1. The van der Waals surface area contributed by atoms with Gasteiger partial charge in [-0.25, -0.2) is 4.98 Å². The minimum atomic E-state index is -0.0920. The van der Waals surface area contributed by atoms with Crippen LogP contribution in [0.4, 0.5) is 0 Å². The zero-order valence-corrected chi connectivity index (χ0v) is 14.1. The first kappa shape index (κ1) is 15.1. The van der Waals surface area contributed by atoms with Gasteiger partial charge in [0.15, 0.2) is 4.96 Å². The molecule has 1 aromatic carbocycles. The Balaban J connectivity index is 1.57. The van der Waals surface area contributed by atoms with E-state index in [1.54, 1.807) is 15.5 Å². The topological polar surface area (TPSA) is 54.7 Å². The fourth-order valence-corrected chi connectivity index (χ4v) is 4.06. The molecule has 1 atom stereocenters. The van der Waals surface area contributed by atoms with E-state index in [0.717, 1.165) is 4.88 Å². The maximum atomic E-state index is 12.3. The highest BCUT2D eigenvalue weighted by Gasteiger charge is 2.30. The molecule has 1 fully saturated rings. The zero-order chi connectivity index (χ0) is 16.7. The molecule has 0 spiro atoms. The molecule has 0 radical (unpaired) electrons. The van der Waals surface area contributed by atoms with Crippen molar-refractivity contribution in [1.82, 2.24) is 14.3 Å². The fraction of sp³-hybridized carbons (Fsp3) is 0.278. The molecule has 0 N–H and O–H groups in total. The van der Waals surface area contributed by atoms with Gasteiger partial charge in [0, 0.05) is 36.0 Å². The number of carbonyl (C=O) groups is 1. The lowest BCUT2D eigenvalue weighted by Gasteiger charge is -2.16. The van der Waals surface area contributed by atoms with Gasteiger partial charge in [0.25, 0.3) is 5.56 Å². The quantitative estimate of drug-likeness (QED) is 0.737. The molecule has 122 valence electrons. The van der Waals surface area contributed by atoms with E-state index in [0.29, 0.717) is 30.2 Å². The first-order valence-corrected chi connectivity index (χ1v) is 8.73. The van der Waals surface area contributed by atoms with Gasteiger partial charge in [-0.3, -0.25) is 14.0 Å². The maximum Gasteiger partial charge on any atom is 0.258 e. The van der Waals surface area contributed by atoms with Gasteiger partial charge in [-0.15, -0.1) is 11.3 Å². The molecule has 1 aliphatic rings. The Bertz CT molecular complexity index is 961. The molecular weight excluding hydrogens is 322 g/mol. The van der Waals surface area contributed by atoms with Crippen molar-refractivity contribution in [1.29, 1.82) is 0 Å². The summed E-state index contributed by atoms with van der Waals surface area (Å²) in [5.41, 5.74) is 1.75. The number of hydrogen-bond acceptors (Lipinski definition) is 4. The Hall–Kier alpha value is -2.47. The third kappa shape index (κ3) is 2.73. The Labute approximate surface area is 143 Å². The van der Waals surface area contributed by atoms with Crippen LogP contribution in [0.15, 0.2) is 47.4 Å². The third-order valence-corrected chi connectivity index (χ3v) is 5.27. The van der Waals surface area contributed by atoms with E-state index >= 15 is 0 Å². The second kappa shape index (κ2) is 5.87. The molecule has 5 nitrogen and oxygen atoms in total. The second-order valence-corrected chi connectivity index (χ2v) is 7.38. The van der Waals surface area contributed by atoms with Crippen LogP contribution in [-0.4, -0.2) is 26.7 Å². The van der Waals surface area contributed by atoms with Crippen LogP contribution in [0.5, 0.6) is 0 Å². The normalized spacial score (nSPS) is 17.8. The molecule has 1 amide bonds. The molecule has 4 rings (SSSR count). The van der Waals surface area contributed by atoms with Gasteiger partial charge in [-0.1, -0.05) is 30.3 Å². The summed E-state index contributed by atoms with van der Waals surface area (Å²) in [4.78, 5) is 32.6. The molecule has 24 heavy (non-hydrogen) atoms. The first-order valence-electron chi connectivity index (χ1n) is 7.91. The SMILES string of the molecule is Cc1cn2c(=O)cc(CN3CC(c4ccccc4)CC3=O)nc2s1. The number of rotatable bonds is 3. The van der Waals surface area contributed by atoms with Crippen LogP contribution >= 0.6 is 11.3 Å². The summed E-state index contributed by atoms with van der Waals surface area (Å²) in [5, 5.41) is 0. The Morgan fingerprint density at radius 2 is 2.04 bits per heavy atom. The van der Waals surface area contributed by atoms with Crippen molar-refractivity contribution < 1.29 is 4.79 Å². The van der Waals surface area contributed by atoms with Crippen molar-refractivity contribution in [2.75, 3.05) is 6.54 Å². The number of nitrogens with zero attached hydrogens (tertiary/aromatic N) is 3. The average molecular weight is 339 g/mol. The predicted molar refractivity (Wildman–Crippen MR) is 93.3 cm³/mol. The Morgan fingerprint density at radius 1 is 1.25 bits per heavy atom. The molecule has 3 aromatic rings. The summed E-state index contributed by atoms with van der Waals surface area (Å²) < 4.78 is 1.56. The van der Waals surface area contributed by atoms with E-state index < -0.39 is 0 Å². The van der Waals surface area contributed by atoms with Crippen molar-refractivity contribution >= 4 is 22.2 Å². The van der Waals surface area contributed by atoms with Crippen molar-refractivity contribution in [2.24, 2.45) is 0 Å². The fourth-order valence-electron chi connectivity index (χ4n) is 3.21. The zero-order valence-electron chi connectivity index (χ0n) is 13.3. The summed E-state index contributed by atoms with van der Waals surface area (Å²) in [6.45, 7) is 3.02. The van der Waals surface area contributed by atoms with Crippen LogP contribution < -0.4 is 5.56 Å². The minimum Gasteiger partial charge on any atom is -0.336 e. The summed E-state index contributed by atoms with van der Waals surface area (Å²) in [6.07, 6.45) is 2.31. The maximum absolute atomic E-state index is 12.3. The van der Waals surface area contributed by atoms with Crippen molar-refractivity contribution in [3.63, 3.8) is 0 Å². The van der Waals surface area contributed by atoms with Crippen LogP contribution in [0.25, 0.3) is 4.96 Å².